The second-order valence-corrected chi connectivity index (χ2v) is 6.14. The van der Waals surface area contributed by atoms with Gasteiger partial charge < -0.3 is 10.0 Å². The molecule has 5 heteroatoms. The Morgan fingerprint density at radius 2 is 1.79 bits per heavy atom. The predicted molar refractivity (Wildman–Crippen MR) is 92.0 cm³/mol. The van der Waals surface area contributed by atoms with E-state index in [-0.39, 0.29) is 12.0 Å². The molecule has 2 heterocycles. The van der Waals surface area contributed by atoms with Crippen LogP contribution in [0.1, 0.15) is 12.2 Å². The summed E-state index contributed by atoms with van der Waals surface area (Å²) in [5.74, 6) is 0.962. The first kappa shape index (κ1) is 14.9. The van der Waals surface area contributed by atoms with Crippen molar-refractivity contribution < 1.29 is 9.90 Å². The molecule has 122 valence electrons. The van der Waals surface area contributed by atoms with E-state index in [1.165, 1.54) is 0 Å². The van der Waals surface area contributed by atoms with Crippen molar-refractivity contribution >= 4 is 16.9 Å². The maximum Gasteiger partial charge on any atom is 0.223 e. The van der Waals surface area contributed by atoms with Crippen molar-refractivity contribution in [3.05, 3.63) is 60.4 Å². The zero-order valence-corrected chi connectivity index (χ0v) is 13.3. The molecular weight excluding hydrogens is 302 g/mol. The molecule has 3 aromatic rings. The lowest BCUT2D eigenvalue weighted by molar-refractivity contribution is -0.141. The number of nitrogens with zero attached hydrogens (tertiary/aromatic N) is 3. The first-order valence-electron chi connectivity index (χ1n) is 8.20. The van der Waals surface area contributed by atoms with E-state index in [2.05, 4.69) is 4.57 Å². The van der Waals surface area contributed by atoms with Gasteiger partial charge in [0.1, 0.15) is 5.82 Å². The molecular formula is C19H19N3O2. The highest BCUT2D eigenvalue weighted by molar-refractivity contribution is 5.79. The Labute approximate surface area is 140 Å². The van der Waals surface area contributed by atoms with Crippen molar-refractivity contribution in [1.29, 1.82) is 0 Å². The average Bonchev–Trinajstić information content (AvgIpc) is 2.96. The van der Waals surface area contributed by atoms with Gasteiger partial charge in [0.2, 0.25) is 5.91 Å². The molecule has 0 saturated carbocycles. The number of para-hydroxylation sites is 3. The van der Waals surface area contributed by atoms with Crippen molar-refractivity contribution in [2.75, 3.05) is 13.1 Å². The van der Waals surface area contributed by atoms with Gasteiger partial charge in [-0.3, -0.25) is 9.36 Å². The monoisotopic (exact) mass is 321 g/mol. The molecule has 5 nitrogen and oxygen atoms in total. The molecule has 0 radical (unpaired) electrons. The minimum absolute atomic E-state index is 0.0759. The van der Waals surface area contributed by atoms with Gasteiger partial charge in [0.25, 0.3) is 0 Å². The number of hydrogen-bond acceptors (Lipinski definition) is 3. The van der Waals surface area contributed by atoms with Crippen molar-refractivity contribution in [2.24, 2.45) is 0 Å². The molecule has 0 spiro atoms. The van der Waals surface area contributed by atoms with Crippen LogP contribution in [0.2, 0.25) is 0 Å². The number of benzene rings is 2. The zero-order valence-electron chi connectivity index (χ0n) is 13.3. The Bertz CT molecular complexity index is 867. The highest BCUT2D eigenvalue weighted by Gasteiger charge is 2.28. The van der Waals surface area contributed by atoms with Crippen LogP contribution in [0.15, 0.2) is 54.6 Å². The normalized spacial score (nSPS) is 14.8. The molecule has 1 N–H and O–H groups in total. The van der Waals surface area contributed by atoms with Gasteiger partial charge in [-0.15, -0.1) is 0 Å². The molecule has 1 aromatic heterocycles. The summed E-state index contributed by atoms with van der Waals surface area (Å²) in [7, 11) is 0. The summed E-state index contributed by atoms with van der Waals surface area (Å²) in [4.78, 5) is 18.6. The molecule has 0 bridgehead atoms. The molecule has 4 rings (SSSR count). The van der Waals surface area contributed by atoms with E-state index in [9.17, 15) is 9.90 Å². The Balaban J connectivity index is 1.64. The third-order valence-corrected chi connectivity index (χ3v) is 4.42. The molecule has 1 aliphatic heterocycles. The van der Waals surface area contributed by atoms with E-state index in [1.807, 2.05) is 54.6 Å². The SMILES string of the molecule is O=C(CCc1nc2ccccc2n1-c1ccccc1)N1CC(O)C1. The fourth-order valence-corrected chi connectivity index (χ4v) is 3.14. The number of β-amino-alcohol motifs (C(OH)–C–C–N with tert-alkyl or cyclic N) is 1. The van der Waals surface area contributed by atoms with Crippen LogP contribution < -0.4 is 0 Å². The van der Waals surface area contributed by atoms with Gasteiger partial charge in [0.05, 0.1) is 17.1 Å². The van der Waals surface area contributed by atoms with Crippen molar-refractivity contribution in [3.63, 3.8) is 0 Å². The summed E-state index contributed by atoms with van der Waals surface area (Å²) in [5.41, 5.74) is 3.03. The quantitative estimate of drug-likeness (QED) is 0.801. The standard InChI is InChI=1S/C19H19N3O2/c23-15-12-21(13-15)19(24)11-10-18-20-16-8-4-5-9-17(16)22(18)14-6-2-1-3-7-14/h1-9,15,23H,10-13H2. The minimum atomic E-state index is -0.358. The summed E-state index contributed by atoms with van der Waals surface area (Å²) < 4.78 is 2.12. The summed E-state index contributed by atoms with van der Waals surface area (Å²) in [6.45, 7) is 0.905. The topological polar surface area (TPSA) is 58.4 Å². The number of hydrogen-bond donors (Lipinski definition) is 1. The number of aromatic nitrogens is 2. The fourth-order valence-electron chi connectivity index (χ4n) is 3.14. The molecule has 0 unspecified atom stereocenters. The van der Waals surface area contributed by atoms with Crippen molar-refractivity contribution in [3.8, 4) is 5.69 Å². The second-order valence-electron chi connectivity index (χ2n) is 6.14. The lowest BCUT2D eigenvalue weighted by atomic mass is 10.1. The van der Waals surface area contributed by atoms with Gasteiger partial charge in [0, 0.05) is 31.6 Å². The van der Waals surface area contributed by atoms with Crippen LogP contribution in [-0.4, -0.2) is 44.7 Å². The average molecular weight is 321 g/mol. The van der Waals surface area contributed by atoms with Crippen LogP contribution in [0.5, 0.6) is 0 Å². The summed E-state index contributed by atoms with van der Waals surface area (Å²) in [6, 6.07) is 18.1. The number of aliphatic hydroxyl groups excluding tert-OH is 1. The first-order chi connectivity index (χ1) is 11.7. The number of rotatable bonds is 4. The van der Waals surface area contributed by atoms with E-state index < -0.39 is 0 Å². The Morgan fingerprint density at radius 3 is 2.54 bits per heavy atom. The number of amides is 1. The molecule has 1 fully saturated rings. The van der Waals surface area contributed by atoms with Crippen LogP contribution >= 0.6 is 0 Å². The first-order valence-corrected chi connectivity index (χ1v) is 8.20. The highest BCUT2D eigenvalue weighted by atomic mass is 16.3. The summed E-state index contributed by atoms with van der Waals surface area (Å²) in [6.07, 6.45) is 0.626. The molecule has 1 saturated heterocycles. The van der Waals surface area contributed by atoms with Crippen LogP contribution in [0.3, 0.4) is 0 Å². The van der Waals surface area contributed by atoms with Crippen LogP contribution in [0.4, 0.5) is 0 Å². The van der Waals surface area contributed by atoms with Crippen molar-refractivity contribution in [1.82, 2.24) is 14.5 Å². The van der Waals surface area contributed by atoms with Gasteiger partial charge in [-0.25, -0.2) is 4.98 Å². The van der Waals surface area contributed by atoms with Gasteiger partial charge in [-0.2, -0.15) is 0 Å². The Morgan fingerprint density at radius 1 is 1.08 bits per heavy atom. The highest BCUT2D eigenvalue weighted by Crippen LogP contribution is 2.22. The maximum absolute atomic E-state index is 12.2. The third kappa shape index (κ3) is 2.67. The lowest BCUT2D eigenvalue weighted by Crippen LogP contribution is -2.53. The summed E-state index contributed by atoms with van der Waals surface area (Å²) >= 11 is 0. The minimum Gasteiger partial charge on any atom is -0.389 e. The maximum atomic E-state index is 12.2. The molecule has 24 heavy (non-hydrogen) atoms. The number of fused-ring (bicyclic) bond motifs is 1. The number of imidazole rings is 1. The molecule has 1 amide bonds. The van der Waals surface area contributed by atoms with Crippen molar-refractivity contribution in [2.45, 2.75) is 18.9 Å². The molecule has 2 aromatic carbocycles. The van der Waals surface area contributed by atoms with E-state index in [4.69, 9.17) is 4.98 Å². The number of aliphatic hydroxyl groups is 1. The Kier molecular flexibility index (Phi) is 3.78. The fraction of sp³-hybridized carbons (Fsp3) is 0.263. The largest absolute Gasteiger partial charge is 0.389 e. The smallest absolute Gasteiger partial charge is 0.223 e. The van der Waals surface area contributed by atoms with Gasteiger partial charge in [-0.05, 0) is 24.3 Å². The third-order valence-electron chi connectivity index (χ3n) is 4.42. The number of carbonyl (C=O) groups excluding carboxylic acids is 1. The van der Waals surface area contributed by atoms with Crippen LogP contribution in [-0.2, 0) is 11.2 Å². The van der Waals surface area contributed by atoms with E-state index in [1.54, 1.807) is 4.90 Å². The Hall–Kier alpha value is -2.66. The molecule has 0 aliphatic carbocycles. The van der Waals surface area contributed by atoms with E-state index in [0.717, 1.165) is 22.5 Å². The van der Waals surface area contributed by atoms with Crippen LogP contribution in [0, 0.1) is 0 Å². The number of aryl methyl sites for hydroxylation is 1. The van der Waals surface area contributed by atoms with Gasteiger partial charge in [0.15, 0.2) is 0 Å². The molecule has 0 atom stereocenters. The van der Waals surface area contributed by atoms with Gasteiger partial charge >= 0.3 is 0 Å². The predicted octanol–water partition coefficient (Wildman–Crippen LogP) is 2.16. The van der Waals surface area contributed by atoms with E-state index >= 15 is 0 Å². The van der Waals surface area contributed by atoms with Crippen LogP contribution in [0.25, 0.3) is 16.7 Å². The summed E-state index contributed by atoms with van der Waals surface area (Å²) in [5, 5.41) is 9.33. The lowest BCUT2D eigenvalue weighted by Gasteiger charge is -2.35. The number of carbonyl (C=O) groups is 1. The zero-order chi connectivity index (χ0) is 16.5. The van der Waals surface area contributed by atoms with Gasteiger partial charge in [-0.1, -0.05) is 30.3 Å². The molecule has 1 aliphatic rings. The van der Waals surface area contributed by atoms with E-state index in [0.29, 0.717) is 25.9 Å². The second kappa shape index (κ2) is 6.09. The number of likely N-dealkylation sites (tertiary alicyclic amines) is 1.